The molecule has 0 saturated carbocycles. The largest absolute Gasteiger partial charge is 0.330 e. The molecule has 0 amide bonds. The van der Waals surface area contributed by atoms with Crippen LogP contribution in [0.4, 0.5) is 0 Å². The van der Waals surface area contributed by atoms with E-state index >= 15 is 0 Å². The van der Waals surface area contributed by atoms with Crippen molar-refractivity contribution in [1.82, 2.24) is 10.2 Å². The lowest BCUT2D eigenvalue weighted by molar-refractivity contribution is 0.192. The highest BCUT2D eigenvalue weighted by molar-refractivity contribution is 4.76. The highest BCUT2D eigenvalue weighted by Crippen LogP contribution is 2.15. The summed E-state index contributed by atoms with van der Waals surface area (Å²) in [5.74, 6) is 0. The Morgan fingerprint density at radius 2 is 2.08 bits per heavy atom. The molecular formula is C10H23N3. The first-order valence-electron chi connectivity index (χ1n) is 5.27. The fourth-order valence-corrected chi connectivity index (χ4v) is 1.73. The Bertz CT molecular complexity index is 137. The monoisotopic (exact) mass is 185 g/mol. The van der Waals surface area contributed by atoms with Gasteiger partial charge in [0.05, 0.1) is 0 Å². The Labute approximate surface area is 81.7 Å². The molecule has 0 spiro atoms. The van der Waals surface area contributed by atoms with Crippen LogP contribution < -0.4 is 11.1 Å². The van der Waals surface area contributed by atoms with Crippen LogP contribution in [-0.2, 0) is 0 Å². The average molecular weight is 185 g/mol. The summed E-state index contributed by atoms with van der Waals surface area (Å²) < 4.78 is 0. The maximum Gasteiger partial charge on any atom is 0.0107 e. The molecule has 0 bridgehead atoms. The van der Waals surface area contributed by atoms with Gasteiger partial charge in [0.2, 0.25) is 0 Å². The topological polar surface area (TPSA) is 41.3 Å². The molecule has 3 N–H and O–H groups in total. The fraction of sp³-hybridized carbons (Fsp3) is 1.00. The quantitative estimate of drug-likeness (QED) is 0.663. The molecule has 3 nitrogen and oxygen atoms in total. The summed E-state index contributed by atoms with van der Waals surface area (Å²) in [5, 5.41) is 3.41. The van der Waals surface area contributed by atoms with E-state index in [1.54, 1.807) is 0 Å². The van der Waals surface area contributed by atoms with Gasteiger partial charge < -0.3 is 16.0 Å². The van der Waals surface area contributed by atoms with Crippen molar-refractivity contribution >= 4 is 0 Å². The summed E-state index contributed by atoms with van der Waals surface area (Å²) in [7, 11) is 0. The summed E-state index contributed by atoms with van der Waals surface area (Å²) in [4.78, 5) is 2.52. The third-order valence-corrected chi connectivity index (χ3v) is 2.64. The zero-order valence-electron chi connectivity index (χ0n) is 8.97. The highest BCUT2D eigenvalue weighted by atomic mass is 15.2. The molecule has 1 heterocycles. The molecule has 0 unspecified atom stereocenters. The molecule has 0 radical (unpaired) electrons. The van der Waals surface area contributed by atoms with Crippen molar-refractivity contribution in [2.75, 3.05) is 39.3 Å². The molecular weight excluding hydrogens is 162 g/mol. The maximum atomic E-state index is 5.72. The summed E-state index contributed by atoms with van der Waals surface area (Å²) in [6.07, 6.45) is 1.26. The minimum Gasteiger partial charge on any atom is -0.330 e. The van der Waals surface area contributed by atoms with E-state index in [1.807, 2.05) is 0 Å². The van der Waals surface area contributed by atoms with E-state index in [2.05, 4.69) is 24.1 Å². The summed E-state index contributed by atoms with van der Waals surface area (Å²) in [6, 6.07) is 0. The second kappa shape index (κ2) is 4.94. The van der Waals surface area contributed by atoms with E-state index in [-0.39, 0.29) is 5.41 Å². The molecule has 0 aliphatic carbocycles. The minimum absolute atomic E-state index is 0.268. The molecule has 1 aliphatic rings. The van der Waals surface area contributed by atoms with Crippen LogP contribution in [0.25, 0.3) is 0 Å². The molecule has 0 aromatic rings. The van der Waals surface area contributed by atoms with Crippen LogP contribution in [0.1, 0.15) is 20.3 Å². The van der Waals surface area contributed by atoms with Crippen molar-refractivity contribution in [3.8, 4) is 0 Å². The molecule has 0 atom stereocenters. The van der Waals surface area contributed by atoms with E-state index in [0.29, 0.717) is 0 Å². The van der Waals surface area contributed by atoms with Crippen LogP contribution >= 0.6 is 0 Å². The SMILES string of the molecule is CC(C)(CN)CN1CCCNCC1. The highest BCUT2D eigenvalue weighted by Gasteiger charge is 2.20. The molecule has 1 saturated heterocycles. The van der Waals surface area contributed by atoms with Gasteiger partial charge in [-0.3, -0.25) is 0 Å². The van der Waals surface area contributed by atoms with Crippen LogP contribution in [0.2, 0.25) is 0 Å². The van der Waals surface area contributed by atoms with Crippen molar-refractivity contribution in [2.45, 2.75) is 20.3 Å². The Hall–Kier alpha value is -0.120. The summed E-state index contributed by atoms with van der Waals surface area (Å²) in [6.45, 7) is 11.1. The summed E-state index contributed by atoms with van der Waals surface area (Å²) in [5.41, 5.74) is 5.99. The Morgan fingerprint density at radius 1 is 1.31 bits per heavy atom. The number of hydrogen-bond donors (Lipinski definition) is 2. The van der Waals surface area contributed by atoms with Crippen molar-refractivity contribution in [1.29, 1.82) is 0 Å². The van der Waals surface area contributed by atoms with Gasteiger partial charge in [-0.2, -0.15) is 0 Å². The number of nitrogens with two attached hydrogens (primary N) is 1. The van der Waals surface area contributed by atoms with Gasteiger partial charge >= 0.3 is 0 Å². The first-order chi connectivity index (χ1) is 6.14. The molecule has 78 valence electrons. The Kier molecular flexibility index (Phi) is 4.16. The first kappa shape index (κ1) is 11.0. The van der Waals surface area contributed by atoms with E-state index < -0.39 is 0 Å². The van der Waals surface area contributed by atoms with E-state index in [9.17, 15) is 0 Å². The standard InChI is InChI=1S/C10H23N3/c1-10(2,8-11)9-13-6-3-4-12-5-7-13/h12H,3-9,11H2,1-2H3. The van der Waals surface area contributed by atoms with Crippen molar-refractivity contribution in [3.05, 3.63) is 0 Å². The lowest BCUT2D eigenvalue weighted by Crippen LogP contribution is -2.40. The van der Waals surface area contributed by atoms with E-state index in [0.717, 1.165) is 19.6 Å². The molecule has 13 heavy (non-hydrogen) atoms. The zero-order valence-corrected chi connectivity index (χ0v) is 8.97. The van der Waals surface area contributed by atoms with Gasteiger partial charge in [0.1, 0.15) is 0 Å². The smallest absolute Gasteiger partial charge is 0.0107 e. The third kappa shape index (κ3) is 4.07. The van der Waals surface area contributed by atoms with Gasteiger partial charge in [0.25, 0.3) is 0 Å². The lowest BCUT2D eigenvalue weighted by Gasteiger charge is -2.30. The van der Waals surface area contributed by atoms with E-state index in [4.69, 9.17) is 5.73 Å². The molecule has 1 aliphatic heterocycles. The number of hydrogen-bond acceptors (Lipinski definition) is 3. The van der Waals surface area contributed by atoms with Crippen LogP contribution in [0.5, 0.6) is 0 Å². The van der Waals surface area contributed by atoms with Crippen LogP contribution in [0.15, 0.2) is 0 Å². The molecule has 1 rings (SSSR count). The van der Waals surface area contributed by atoms with Crippen molar-refractivity contribution < 1.29 is 0 Å². The van der Waals surface area contributed by atoms with Gasteiger partial charge in [0, 0.05) is 19.6 Å². The Balaban J connectivity index is 2.33. The maximum absolute atomic E-state index is 5.72. The van der Waals surface area contributed by atoms with Gasteiger partial charge in [-0.25, -0.2) is 0 Å². The summed E-state index contributed by atoms with van der Waals surface area (Å²) >= 11 is 0. The fourth-order valence-electron chi connectivity index (χ4n) is 1.73. The molecule has 1 fully saturated rings. The van der Waals surface area contributed by atoms with Gasteiger partial charge in [-0.1, -0.05) is 13.8 Å². The van der Waals surface area contributed by atoms with Gasteiger partial charge in [-0.05, 0) is 31.5 Å². The average Bonchev–Trinajstić information content (AvgIpc) is 2.32. The second-order valence-corrected chi connectivity index (χ2v) is 4.75. The van der Waals surface area contributed by atoms with E-state index in [1.165, 1.54) is 26.1 Å². The van der Waals surface area contributed by atoms with Crippen LogP contribution in [0.3, 0.4) is 0 Å². The predicted molar refractivity (Wildman–Crippen MR) is 56.8 cm³/mol. The van der Waals surface area contributed by atoms with Crippen molar-refractivity contribution in [2.24, 2.45) is 11.1 Å². The molecule has 0 aromatic carbocycles. The second-order valence-electron chi connectivity index (χ2n) is 4.75. The third-order valence-electron chi connectivity index (χ3n) is 2.64. The number of nitrogens with zero attached hydrogens (tertiary/aromatic N) is 1. The van der Waals surface area contributed by atoms with Crippen LogP contribution in [0, 0.1) is 5.41 Å². The van der Waals surface area contributed by atoms with Crippen molar-refractivity contribution in [3.63, 3.8) is 0 Å². The molecule has 0 aromatic heterocycles. The minimum atomic E-state index is 0.268. The number of nitrogens with one attached hydrogen (secondary N) is 1. The predicted octanol–water partition coefficient (Wildman–Crippen LogP) is 0.267. The van der Waals surface area contributed by atoms with Crippen LogP contribution in [-0.4, -0.2) is 44.2 Å². The Morgan fingerprint density at radius 3 is 2.77 bits per heavy atom. The number of rotatable bonds is 3. The first-order valence-corrected chi connectivity index (χ1v) is 5.27. The van der Waals surface area contributed by atoms with Gasteiger partial charge in [-0.15, -0.1) is 0 Å². The van der Waals surface area contributed by atoms with Gasteiger partial charge in [0.15, 0.2) is 0 Å². The zero-order chi connectivity index (χ0) is 9.73. The normalized spacial score (nSPS) is 21.5. The molecule has 3 heteroatoms. The lowest BCUT2D eigenvalue weighted by atomic mass is 9.93.